The van der Waals surface area contributed by atoms with Gasteiger partial charge in [0.2, 0.25) is 0 Å². The molecule has 1 heterocycles. The molecule has 0 unspecified atom stereocenters. The Balaban J connectivity index is 1.44. The van der Waals surface area contributed by atoms with Gasteiger partial charge in [0.05, 0.1) is 22.6 Å². The molecule has 0 aromatic heterocycles. The first-order valence-electron chi connectivity index (χ1n) is 10.6. The summed E-state index contributed by atoms with van der Waals surface area (Å²) in [4.78, 5) is 4.54. The molecule has 34 heavy (non-hydrogen) atoms. The van der Waals surface area contributed by atoms with E-state index < -0.39 is 11.7 Å². The van der Waals surface area contributed by atoms with E-state index in [9.17, 15) is 13.2 Å². The lowest BCUT2D eigenvalue weighted by Crippen LogP contribution is -2.35. The number of aliphatic imine (C=N–C) groups is 1. The van der Waals surface area contributed by atoms with Crippen LogP contribution in [0.3, 0.4) is 0 Å². The van der Waals surface area contributed by atoms with Crippen LogP contribution in [0.4, 0.5) is 30.2 Å². The molecule has 0 saturated carbocycles. The predicted molar refractivity (Wildman–Crippen MR) is 126 cm³/mol. The van der Waals surface area contributed by atoms with Crippen molar-refractivity contribution in [2.75, 3.05) is 5.01 Å². The summed E-state index contributed by atoms with van der Waals surface area (Å²) >= 11 is 0. The summed E-state index contributed by atoms with van der Waals surface area (Å²) < 4.78 is 45.9. The van der Waals surface area contributed by atoms with Crippen molar-refractivity contribution in [1.82, 2.24) is 5.43 Å². The highest BCUT2D eigenvalue weighted by molar-refractivity contribution is 6.04. The number of anilines is 2. The van der Waals surface area contributed by atoms with E-state index in [0.29, 0.717) is 29.6 Å². The second kappa shape index (κ2) is 8.94. The Morgan fingerprint density at radius 2 is 1.44 bits per heavy atom. The van der Waals surface area contributed by atoms with Gasteiger partial charge in [0.25, 0.3) is 0 Å². The zero-order chi connectivity index (χ0) is 23.5. The van der Waals surface area contributed by atoms with Crippen LogP contribution < -0.4 is 15.2 Å². The van der Waals surface area contributed by atoms with Crippen LogP contribution in [0, 0.1) is 0 Å². The lowest BCUT2D eigenvalue weighted by Gasteiger charge is -2.29. The van der Waals surface area contributed by atoms with Gasteiger partial charge in [0.1, 0.15) is 12.4 Å². The molecular weight excluding hydrogens is 439 g/mol. The Morgan fingerprint density at radius 3 is 2.12 bits per heavy atom. The van der Waals surface area contributed by atoms with Crippen LogP contribution in [0.5, 0.6) is 5.75 Å². The molecule has 5 rings (SSSR count). The molecule has 0 spiro atoms. The number of alkyl halides is 3. The Hall–Kier alpha value is -4.26. The number of para-hydroxylation sites is 1. The normalized spacial score (nSPS) is 13.0. The molecule has 1 radical (unpaired) electrons. The predicted octanol–water partition coefficient (Wildman–Crippen LogP) is 7.03. The highest BCUT2D eigenvalue weighted by atomic mass is 19.4. The van der Waals surface area contributed by atoms with Gasteiger partial charge in [0, 0.05) is 5.56 Å². The van der Waals surface area contributed by atoms with Gasteiger partial charge >= 0.3 is 6.18 Å². The maximum absolute atomic E-state index is 13.3. The van der Waals surface area contributed by atoms with Gasteiger partial charge < -0.3 is 4.74 Å². The van der Waals surface area contributed by atoms with Gasteiger partial charge in [-0.15, -0.1) is 5.43 Å². The molecule has 0 amide bonds. The lowest BCUT2D eigenvalue weighted by molar-refractivity contribution is -0.137. The summed E-state index contributed by atoms with van der Waals surface area (Å²) in [6.45, 7) is 0.447. The summed E-state index contributed by atoms with van der Waals surface area (Å²) in [6, 6.07) is 29.7. The molecule has 0 saturated heterocycles. The third kappa shape index (κ3) is 4.59. The first kappa shape index (κ1) is 21.6. The van der Waals surface area contributed by atoms with E-state index in [1.165, 1.54) is 11.1 Å². The molecule has 4 aromatic rings. The van der Waals surface area contributed by atoms with E-state index in [0.717, 1.165) is 23.3 Å². The fourth-order valence-electron chi connectivity index (χ4n) is 3.58. The van der Waals surface area contributed by atoms with Gasteiger partial charge in [-0.1, -0.05) is 48.5 Å². The highest BCUT2D eigenvalue weighted by Crippen LogP contribution is 2.41. The fourth-order valence-corrected chi connectivity index (χ4v) is 3.58. The Bertz CT molecular complexity index is 1300. The first-order chi connectivity index (χ1) is 16.5. The standard InChI is InChI=1S/C27H19F3N3O/c28-27(29,30)21-13-16-24-25(17-21)33(22-9-5-2-6-10-22)32-26(31-24)20-11-14-23(15-12-20)34-18-19-7-3-1-4-8-19/h1-17H,18H2. The van der Waals surface area contributed by atoms with Crippen molar-refractivity contribution in [3.05, 3.63) is 120 Å². The van der Waals surface area contributed by atoms with Gasteiger partial charge in [-0.2, -0.15) is 13.2 Å². The van der Waals surface area contributed by atoms with E-state index in [4.69, 9.17) is 4.74 Å². The van der Waals surface area contributed by atoms with Crippen molar-refractivity contribution >= 4 is 22.9 Å². The Kier molecular flexibility index (Phi) is 5.67. The molecule has 0 aliphatic carbocycles. The van der Waals surface area contributed by atoms with Crippen molar-refractivity contribution in [2.24, 2.45) is 4.99 Å². The van der Waals surface area contributed by atoms with Crippen LogP contribution in [-0.4, -0.2) is 5.84 Å². The van der Waals surface area contributed by atoms with Crippen molar-refractivity contribution in [2.45, 2.75) is 12.8 Å². The smallest absolute Gasteiger partial charge is 0.416 e. The molecule has 169 valence electrons. The van der Waals surface area contributed by atoms with Gasteiger partial charge in [0.15, 0.2) is 5.84 Å². The summed E-state index contributed by atoms with van der Waals surface area (Å²) in [5.41, 5.74) is 6.94. The number of hydrogen-bond acceptors (Lipinski definition) is 3. The Morgan fingerprint density at radius 1 is 0.765 bits per heavy atom. The van der Waals surface area contributed by atoms with E-state index in [-0.39, 0.29) is 5.69 Å². The summed E-state index contributed by atoms with van der Waals surface area (Å²) in [5, 5.41) is 1.49. The van der Waals surface area contributed by atoms with Gasteiger partial charge in [-0.05, 0) is 60.2 Å². The number of fused-ring (bicyclic) bond motifs is 1. The topological polar surface area (TPSA) is 38.9 Å². The first-order valence-corrected chi connectivity index (χ1v) is 10.6. The second-order valence-corrected chi connectivity index (χ2v) is 7.68. The molecular formula is C27H19F3N3O. The zero-order valence-corrected chi connectivity index (χ0v) is 17.9. The molecule has 7 heteroatoms. The molecule has 1 aliphatic heterocycles. The summed E-state index contributed by atoms with van der Waals surface area (Å²) in [6.07, 6.45) is -4.46. The van der Waals surface area contributed by atoms with Crippen molar-refractivity contribution in [1.29, 1.82) is 0 Å². The summed E-state index contributed by atoms with van der Waals surface area (Å²) in [7, 11) is 0. The average Bonchev–Trinajstić information content (AvgIpc) is 2.87. The number of benzene rings is 4. The average molecular weight is 458 g/mol. The molecule has 4 nitrogen and oxygen atoms in total. The van der Waals surface area contributed by atoms with Crippen molar-refractivity contribution in [3.63, 3.8) is 0 Å². The van der Waals surface area contributed by atoms with Crippen molar-refractivity contribution in [3.8, 4) is 5.75 Å². The zero-order valence-electron chi connectivity index (χ0n) is 17.9. The monoisotopic (exact) mass is 458 g/mol. The second-order valence-electron chi connectivity index (χ2n) is 7.68. The molecule has 1 aliphatic rings. The minimum absolute atomic E-state index is 0.271. The molecule has 0 bridgehead atoms. The molecule has 4 aromatic carbocycles. The number of ether oxygens (including phenoxy) is 1. The quantitative estimate of drug-likeness (QED) is 0.322. The van der Waals surface area contributed by atoms with E-state index in [1.807, 2.05) is 72.8 Å². The van der Waals surface area contributed by atoms with Gasteiger partial charge in [-0.3, -0.25) is 0 Å². The minimum atomic E-state index is -4.46. The van der Waals surface area contributed by atoms with E-state index >= 15 is 0 Å². The van der Waals surface area contributed by atoms with E-state index in [1.54, 1.807) is 12.1 Å². The van der Waals surface area contributed by atoms with Crippen LogP contribution in [0.15, 0.2) is 108 Å². The number of halogens is 3. The maximum atomic E-state index is 13.3. The Labute approximate surface area is 194 Å². The summed E-state index contributed by atoms with van der Waals surface area (Å²) in [5.74, 6) is 1.09. The number of hydrogen-bond donors (Lipinski definition) is 0. The third-order valence-electron chi connectivity index (χ3n) is 5.31. The van der Waals surface area contributed by atoms with Crippen LogP contribution in [0.25, 0.3) is 0 Å². The van der Waals surface area contributed by atoms with Crippen LogP contribution in [0.1, 0.15) is 16.7 Å². The van der Waals surface area contributed by atoms with Crippen LogP contribution in [-0.2, 0) is 12.8 Å². The lowest BCUT2D eigenvalue weighted by atomic mass is 10.1. The molecule has 0 N–H and O–H groups in total. The number of rotatable bonds is 5. The maximum Gasteiger partial charge on any atom is 0.416 e. The van der Waals surface area contributed by atoms with Crippen LogP contribution >= 0.6 is 0 Å². The number of amidine groups is 1. The molecule has 0 fully saturated rings. The third-order valence-corrected chi connectivity index (χ3v) is 5.31. The largest absolute Gasteiger partial charge is 0.489 e. The minimum Gasteiger partial charge on any atom is -0.489 e. The van der Waals surface area contributed by atoms with Gasteiger partial charge in [-0.25, -0.2) is 10.0 Å². The van der Waals surface area contributed by atoms with Crippen LogP contribution in [0.2, 0.25) is 0 Å². The SMILES string of the molecule is FC(F)(F)c1ccc2c(c1)N(c1ccccc1)[N]C(c1ccc(OCc3ccccc3)cc1)=N2. The number of nitrogens with zero attached hydrogens (tertiary/aromatic N) is 3. The highest BCUT2D eigenvalue weighted by Gasteiger charge is 2.33. The van der Waals surface area contributed by atoms with Crippen molar-refractivity contribution < 1.29 is 17.9 Å². The fraction of sp³-hybridized carbons (Fsp3) is 0.0741. The van der Waals surface area contributed by atoms with E-state index in [2.05, 4.69) is 10.4 Å². The molecule has 0 atom stereocenters.